The van der Waals surface area contributed by atoms with Crippen molar-refractivity contribution in [3.63, 3.8) is 0 Å². The molecule has 7 atom stereocenters. The van der Waals surface area contributed by atoms with Gasteiger partial charge in [-0.05, 0) is 63.2 Å². The molecule has 0 spiro atoms. The topological polar surface area (TPSA) is 128 Å². The molecule has 1 N–H and O–H groups in total. The summed E-state index contributed by atoms with van der Waals surface area (Å²) >= 11 is 0. The van der Waals surface area contributed by atoms with Gasteiger partial charge in [0.2, 0.25) is 14.2 Å². The number of carbonyl (C=O) groups is 1. The highest BCUT2D eigenvalue weighted by Gasteiger charge is 2.58. The SMILES string of the molecule is CO[C@@H]1[C@H]2OC(C)(C)O[C@H]2O[C@@H]1[C@@H](COS(=O)(=O)c1ccc(O[Si](C)(C)C(C)(C)C)cc1)O[C@H]1NC(=O)[C@H]1C. The molecule has 0 saturated carbocycles. The van der Waals surface area contributed by atoms with Crippen molar-refractivity contribution in [2.24, 2.45) is 5.92 Å². The van der Waals surface area contributed by atoms with Gasteiger partial charge in [-0.1, -0.05) is 20.8 Å². The van der Waals surface area contributed by atoms with E-state index in [2.05, 4.69) is 39.2 Å². The number of benzene rings is 1. The number of amides is 1. The van der Waals surface area contributed by atoms with Crippen molar-refractivity contribution in [3.05, 3.63) is 24.3 Å². The van der Waals surface area contributed by atoms with Crippen LogP contribution in [0.25, 0.3) is 0 Å². The number of methoxy groups -OCH3 is 1. The van der Waals surface area contributed by atoms with Crippen LogP contribution in [-0.2, 0) is 42.8 Å². The minimum atomic E-state index is -4.15. The van der Waals surface area contributed by atoms with Gasteiger partial charge >= 0.3 is 0 Å². The number of carbonyl (C=O) groups excluding carboxylic acids is 1. The molecular formula is C26H41NO10SSi. The molecule has 3 aliphatic rings. The summed E-state index contributed by atoms with van der Waals surface area (Å²) in [6, 6.07) is 6.18. The molecule has 0 unspecified atom stereocenters. The van der Waals surface area contributed by atoms with Crippen LogP contribution in [0.5, 0.6) is 5.75 Å². The molecule has 3 saturated heterocycles. The Balaban J connectivity index is 1.47. The Morgan fingerprint density at radius 3 is 2.31 bits per heavy atom. The summed E-state index contributed by atoms with van der Waals surface area (Å²) in [5.74, 6) is -0.822. The van der Waals surface area contributed by atoms with E-state index in [4.69, 9.17) is 32.3 Å². The molecule has 0 aliphatic carbocycles. The van der Waals surface area contributed by atoms with Gasteiger partial charge < -0.3 is 33.4 Å². The average Bonchev–Trinajstić information content (AvgIpc) is 3.31. The first-order chi connectivity index (χ1) is 17.9. The molecule has 3 heterocycles. The van der Waals surface area contributed by atoms with E-state index >= 15 is 0 Å². The van der Waals surface area contributed by atoms with Crippen molar-refractivity contribution in [3.8, 4) is 5.75 Å². The Hall–Kier alpha value is -1.58. The van der Waals surface area contributed by atoms with E-state index in [9.17, 15) is 13.2 Å². The molecule has 3 aliphatic heterocycles. The Bertz CT molecular complexity index is 1150. The summed E-state index contributed by atoms with van der Waals surface area (Å²) in [7, 11) is -4.73. The van der Waals surface area contributed by atoms with Gasteiger partial charge in [-0.15, -0.1) is 0 Å². The lowest BCUT2D eigenvalue weighted by Crippen LogP contribution is -2.61. The monoisotopic (exact) mass is 587 g/mol. The van der Waals surface area contributed by atoms with Gasteiger partial charge in [-0.2, -0.15) is 8.42 Å². The Kier molecular flexibility index (Phi) is 8.31. The van der Waals surface area contributed by atoms with Crippen LogP contribution in [0.1, 0.15) is 41.5 Å². The Morgan fingerprint density at radius 2 is 1.77 bits per heavy atom. The van der Waals surface area contributed by atoms with Crippen LogP contribution in [0.4, 0.5) is 0 Å². The minimum Gasteiger partial charge on any atom is -0.544 e. The highest BCUT2D eigenvalue weighted by Crippen LogP contribution is 2.41. The maximum atomic E-state index is 13.1. The maximum Gasteiger partial charge on any atom is 0.297 e. The molecule has 3 fully saturated rings. The van der Waals surface area contributed by atoms with Gasteiger partial charge in [-0.25, -0.2) is 0 Å². The van der Waals surface area contributed by atoms with E-state index in [1.807, 2.05) is 0 Å². The van der Waals surface area contributed by atoms with Crippen molar-refractivity contribution in [1.82, 2.24) is 5.32 Å². The lowest BCUT2D eigenvalue weighted by molar-refractivity contribution is -0.241. The number of β-lactam (4-membered cyclic amide) rings is 1. The normalized spacial score (nSPS) is 31.4. The number of nitrogens with one attached hydrogen (secondary N) is 1. The van der Waals surface area contributed by atoms with Crippen LogP contribution in [0.3, 0.4) is 0 Å². The summed E-state index contributed by atoms with van der Waals surface area (Å²) in [6.07, 6.45) is -4.20. The van der Waals surface area contributed by atoms with Crippen LogP contribution in [-0.4, -0.2) is 79.1 Å². The number of fused-ring (bicyclic) bond motifs is 1. The van der Waals surface area contributed by atoms with E-state index in [-0.39, 0.29) is 22.4 Å². The fraction of sp³-hybridized carbons (Fsp3) is 0.731. The van der Waals surface area contributed by atoms with Gasteiger partial charge in [0.1, 0.15) is 36.4 Å². The van der Waals surface area contributed by atoms with E-state index in [0.29, 0.717) is 5.75 Å². The molecule has 4 rings (SSSR count). The number of hydrogen-bond acceptors (Lipinski definition) is 10. The second-order valence-electron chi connectivity index (χ2n) is 12.2. The predicted octanol–water partition coefficient (Wildman–Crippen LogP) is 3.14. The predicted molar refractivity (Wildman–Crippen MR) is 143 cm³/mol. The quantitative estimate of drug-likeness (QED) is 0.248. The average molecular weight is 588 g/mol. The summed E-state index contributed by atoms with van der Waals surface area (Å²) < 4.78 is 67.6. The Morgan fingerprint density at radius 1 is 1.13 bits per heavy atom. The van der Waals surface area contributed by atoms with Crippen molar-refractivity contribution in [2.75, 3.05) is 13.7 Å². The molecule has 1 aromatic rings. The molecular weight excluding hydrogens is 546 g/mol. The second kappa shape index (κ2) is 10.7. The van der Waals surface area contributed by atoms with Crippen molar-refractivity contribution in [2.45, 2.75) is 107 Å². The molecule has 13 heteroatoms. The van der Waals surface area contributed by atoms with E-state index in [0.717, 1.165) is 0 Å². The van der Waals surface area contributed by atoms with E-state index in [1.165, 1.54) is 19.2 Å². The zero-order valence-electron chi connectivity index (χ0n) is 24.0. The summed E-state index contributed by atoms with van der Waals surface area (Å²) in [5.41, 5.74) is 0. The standard InChI is InChI=1S/C26H41NO10SSi/c1-15-22(28)27-23(15)33-18(19-20(31-7)21-24(34-19)36-26(5,6)35-21)14-32-38(29,30)17-12-10-16(11-13-17)37-39(8,9)25(2,3)4/h10-13,15,18-21,23-24H,14H2,1-9H3,(H,27,28)/t15-,18-,19-,20+,21-,23-,24-/m1/s1. The molecule has 0 aromatic heterocycles. The van der Waals surface area contributed by atoms with Crippen molar-refractivity contribution >= 4 is 24.3 Å². The second-order valence-corrected chi connectivity index (χ2v) is 18.6. The summed E-state index contributed by atoms with van der Waals surface area (Å²) in [4.78, 5) is 11.7. The van der Waals surface area contributed by atoms with E-state index in [1.54, 1.807) is 32.9 Å². The molecule has 11 nitrogen and oxygen atoms in total. The first kappa shape index (κ1) is 30.4. The van der Waals surface area contributed by atoms with Gasteiger partial charge in [0.05, 0.1) is 17.4 Å². The Labute approximate surface area is 232 Å². The lowest BCUT2D eigenvalue weighted by Gasteiger charge is -2.39. The fourth-order valence-corrected chi connectivity index (χ4v) is 6.36. The number of hydrogen-bond donors (Lipinski definition) is 1. The molecule has 1 aromatic carbocycles. The zero-order valence-corrected chi connectivity index (χ0v) is 25.9. The van der Waals surface area contributed by atoms with Crippen LogP contribution >= 0.6 is 0 Å². The minimum absolute atomic E-state index is 0.0000289. The van der Waals surface area contributed by atoms with Crippen LogP contribution in [0.2, 0.25) is 18.1 Å². The van der Waals surface area contributed by atoms with Gasteiger partial charge in [0.15, 0.2) is 12.1 Å². The third-order valence-electron chi connectivity index (χ3n) is 7.82. The fourth-order valence-electron chi connectivity index (χ4n) is 4.41. The summed E-state index contributed by atoms with van der Waals surface area (Å²) in [6.45, 7) is 15.5. The van der Waals surface area contributed by atoms with Gasteiger partial charge in [0, 0.05) is 7.11 Å². The van der Waals surface area contributed by atoms with Gasteiger partial charge in [-0.3, -0.25) is 8.98 Å². The number of rotatable bonds is 10. The molecule has 220 valence electrons. The van der Waals surface area contributed by atoms with Crippen LogP contribution in [0, 0.1) is 5.92 Å². The molecule has 39 heavy (non-hydrogen) atoms. The van der Waals surface area contributed by atoms with Gasteiger partial charge in [0.25, 0.3) is 10.1 Å². The molecule has 0 bridgehead atoms. The maximum absolute atomic E-state index is 13.1. The van der Waals surface area contributed by atoms with Crippen molar-refractivity contribution in [1.29, 1.82) is 0 Å². The highest BCUT2D eigenvalue weighted by molar-refractivity contribution is 7.86. The largest absolute Gasteiger partial charge is 0.544 e. The number of ether oxygens (including phenoxy) is 5. The zero-order chi connectivity index (χ0) is 29.0. The first-order valence-corrected chi connectivity index (χ1v) is 17.4. The van der Waals surface area contributed by atoms with Crippen molar-refractivity contribution < 1.29 is 45.5 Å². The first-order valence-electron chi connectivity index (χ1n) is 13.1. The highest BCUT2D eigenvalue weighted by atomic mass is 32.2. The third kappa shape index (κ3) is 6.35. The van der Waals surface area contributed by atoms with Crippen LogP contribution < -0.4 is 9.74 Å². The van der Waals surface area contributed by atoms with E-state index < -0.39 is 67.1 Å². The smallest absolute Gasteiger partial charge is 0.297 e. The van der Waals surface area contributed by atoms with Crippen LogP contribution in [0.15, 0.2) is 29.2 Å². The molecule has 1 amide bonds. The third-order valence-corrected chi connectivity index (χ3v) is 13.5. The summed E-state index contributed by atoms with van der Waals surface area (Å²) in [5, 5.41) is 2.67. The molecule has 0 radical (unpaired) electrons. The lowest BCUT2D eigenvalue weighted by atomic mass is 10.0.